The van der Waals surface area contributed by atoms with Gasteiger partial charge in [-0.2, -0.15) is 0 Å². The van der Waals surface area contributed by atoms with Crippen LogP contribution in [0.3, 0.4) is 0 Å². The molecular weight excluding hydrogens is 741 g/mol. The van der Waals surface area contributed by atoms with Crippen LogP contribution in [0.5, 0.6) is 11.5 Å². The van der Waals surface area contributed by atoms with Crippen molar-refractivity contribution in [2.75, 3.05) is 20.6 Å². The van der Waals surface area contributed by atoms with Gasteiger partial charge in [-0.3, -0.25) is 14.8 Å². The Bertz CT molecular complexity index is 947. The molecule has 1 radical (unpaired) electrons. The molecule has 0 spiro atoms. The number of amides is 1. The summed E-state index contributed by atoms with van der Waals surface area (Å²) < 4.78 is 2.57. The van der Waals surface area contributed by atoms with Crippen LogP contribution in [0.15, 0.2) is 52.1 Å². The van der Waals surface area contributed by atoms with Crippen molar-refractivity contribution in [3.05, 3.63) is 53.3 Å². The molecule has 1 amide bonds. The van der Waals surface area contributed by atoms with Gasteiger partial charge in [-0.25, -0.2) is 0 Å². The van der Waals surface area contributed by atoms with Crippen molar-refractivity contribution in [3.8, 4) is 11.5 Å². The normalized spacial score (nSPS) is 11.2. The fourth-order valence-corrected chi connectivity index (χ4v) is 4.43. The Labute approximate surface area is 238 Å². The topological polar surface area (TPSA) is 91.2 Å². The van der Waals surface area contributed by atoms with Crippen molar-refractivity contribution in [1.82, 2.24) is 4.90 Å². The second kappa shape index (κ2) is 17.1. The van der Waals surface area contributed by atoms with Gasteiger partial charge in [-0.15, -0.1) is 0 Å². The first-order valence-corrected chi connectivity index (χ1v) is 11.7. The summed E-state index contributed by atoms with van der Waals surface area (Å²) >= 11 is 13.1. The molecule has 0 saturated carbocycles. The molecule has 2 aromatic carbocycles. The minimum absolute atomic E-state index is 0. The average Bonchev–Trinajstić information content (AvgIpc) is 2.67. The number of hydrogen-bond acceptors (Lipinski definition) is 5. The number of aliphatic imine (C=N–C) groups is 2. The molecule has 12 heteroatoms. The number of carbonyl (C=O) groups excluding carboxylic acids is 1. The van der Waals surface area contributed by atoms with Crippen molar-refractivity contribution in [2.24, 2.45) is 9.98 Å². The molecule has 0 aliphatic heterocycles. The second-order valence-corrected chi connectivity index (χ2v) is 9.84. The molecule has 2 aromatic rings. The SMILES string of the molecule is CN(C)C=O.C[C@@H](CN=Cc1cc(Br)cc(Br)c1[O-])N=Cc1cc(Br)cc(Br)c1[O-].[Cl-].[Fe+3]. The average molecular weight is 760 g/mol. The molecule has 1 atom stereocenters. The van der Waals surface area contributed by atoms with E-state index in [9.17, 15) is 15.0 Å². The van der Waals surface area contributed by atoms with E-state index in [1.165, 1.54) is 4.90 Å². The molecule has 0 unspecified atom stereocenters. The fraction of sp³-hybridized carbons (Fsp3) is 0.250. The monoisotopic (exact) mass is 756 g/mol. The third-order valence-corrected chi connectivity index (χ3v) is 5.45. The third kappa shape index (κ3) is 12.2. The summed E-state index contributed by atoms with van der Waals surface area (Å²) in [6, 6.07) is 6.70. The maximum atomic E-state index is 12.0. The zero-order valence-corrected chi connectivity index (χ0v) is 25.3. The van der Waals surface area contributed by atoms with Gasteiger partial charge in [0.15, 0.2) is 0 Å². The van der Waals surface area contributed by atoms with Crippen LogP contribution in [0.4, 0.5) is 0 Å². The van der Waals surface area contributed by atoms with Crippen LogP contribution in [-0.2, 0) is 21.9 Å². The maximum absolute atomic E-state index is 12.0. The van der Waals surface area contributed by atoms with Gasteiger partial charge in [-0.05, 0) is 42.3 Å². The van der Waals surface area contributed by atoms with Crippen molar-refractivity contribution in [2.45, 2.75) is 13.0 Å². The maximum Gasteiger partial charge on any atom is 3.00 e. The first-order valence-electron chi connectivity index (χ1n) is 8.52. The summed E-state index contributed by atoms with van der Waals surface area (Å²) in [6.07, 6.45) is 3.84. The predicted molar refractivity (Wildman–Crippen MR) is 132 cm³/mol. The van der Waals surface area contributed by atoms with Crippen LogP contribution in [-0.4, -0.2) is 50.4 Å². The molecule has 175 valence electrons. The summed E-state index contributed by atoms with van der Waals surface area (Å²) in [6.45, 7) is 2.30. The predicted octanol–water partition coefficient (Wildman–Crippen LogP) is 1.52. The van der Waals surface area contributed by atoms with Crippen molar-refractivity contribution in [1.29, 1.82) is 0 Å². The molecule has 0 bridgehead atoms. The number of rotatable bonds is 6. The van der Waals surface area contributed by atoms with Crippen LogP contribution >= 0.6 is 63.7 Å². The number of nitrogens with zero attached hydrogens (tertiary/aromatic N) is 3. The van der Waals surface area contributed by atoms with Gasteiger partial charge in [0, 0.05) is 44.4 Å². The van der Waals surface area contributed by atoms with E-state index in [1.54, 1.807) is 50.8 Å². The van der Waals surface area contributed by atoms with E-state index in [0.29, 0.717) is 26.6 Å². The fourth-order valence-electron chi connectivity index (χ4n) is 1.91. The molecule has 0 saturated heterocycles. The molecule has 0 N–H and O–H groups in total. The Morgan fingerprint density at radius 3 is 1.75 bits per heavy atom. The number of carbonyl (C=O) groups is 1. The molecule has 0 heterocycles. The smallest absolute Gasteiger partial charge is 1.00 e. The van der Waals surface area contributed by atoms with E-state index in [4.69, 9.17) is 0 Å². The van der Waals surface area contributed by atoms with E-state index in [-0.39, 0.29) is 47.0 Å². The quantitative estimate of drug-likeness (QED) is 0.254. The van der Waals surface area contributed by atoms with E-state index >= 15 is 0 Å². The zero-order valence-electron chi connectivity index (χ0n) is 17.1. The van der Waals surface area contributed by atoms with Crippen molar-refractivity contribution in [3.63, 3.8) is 0 Å². The zero-order chi connectivity index (χ0) is 22.8. The van der Waals surface area contributed by atoms with Crippen LogP contribution < -0.4 is 22.6 Å². The van der Waals surface area contributed by atoms with Gasteiger partial charge in [-0.1, -0.05) is 75.2 Å². The Morgan fingerprint density at radius 1 is 0.938 bits per heavy atom. The van der Waals surface area contributed by atoms with Crippen LogP contribution in [0, 0.1) is 0 Å². The third-order valence-electron chi connectivity index (χ3n) is 3.35. The number of hydrogen-bond donors (Lipinski definition) is 0. The molecular formula is C20H19Br4ClFeN3O3. The standard InChI is InChI=1S/C17H14Br4N2O2.C3H7NO.ClH.Fe/c1-9(23-8-11-3-13(19)5-15(21)17(11)25)6-22-7-10-2-12(18)4-14(20)16(10)24;1-4(2)3-5;;/h2-5,7-9,24-25H,6H2,1H3;3H,1-2H3;1H;/q;;;+3/p-3/t9-;;;/m0.../s1. The van der Waals surface area contributed by atoms with Gasteiger partial charge in [0.25, 0.3) is 0 Å². The van der Waals surface area contributed by atoms with Crippen molar-refractivity contribution < 1.29 is 44.5 Å². The Balaban J connectivity index is 0. The summed E-state index contributed by atoms with van der Waals surface area (Å²) in [4.78, 5) is 19.5. The van der Waals surface area contributed by atoms with Gasteiger partial charge >= 0.3 is 17.1 Å². The van der Waals surface area contributed by atoms with E-state index in [0.717, 1.165) is 15.4 Å². The van der Waals surface area contributed by atoms with Crippen LogP contribution in [0.25, 0.3) is 0 Å². The van der Waals surface area contributed by atoms with Crippen LogP contribution in [0.1, 0.15) is 18.1 Å². The van der Waals surface area contributed by atoms with Gasteiger partial charge in [0.2, 0.25) is 6.41 Å². The van der Waals surface area contributed by atoms with Gasteiger partial charge < -0.3 is 27.5 Å². The molecule has 6 nitrogen and oxygen atoms in total. The number of benzene rings is 2. The number of halogens is 5. The Morgan fingerprint density at radius 2 is 1.34 bits per heavy atom. The Kier molecular flexibility index (Phi) is 18.0. The second-order valence-electron chi connectivity index (χ2n) is 6.30. The molecule has 0 fully saturated rings. The molecule has 0 aliphatic carbocycles. The van der Waals surface area contributed by atoms with Crippen LogP contribution in [0.2, 0.25) is 0 Å². The Hall–Kier alpha value is -0.421. The van der Waals surface area contributed by atoms with E-state index in [2.05, 4.69) is 73.7 Å². The van der Waals surface area contributed by atoms with E-state index in [1.807, 2.05) is 6.92 Å². The molecule has 0 aromatic heterocycles. The summed E-state index contributed by atoms with van der Waals surface area (Å²) in [5.41, 5.74) is 0.991. The minimum atomic E-state index is -0.126. The minimum Gasteiger partial charge on any atom is -1.00 e. The molecule has 2 rings (SSSR count). The van der Waals surface area contributed by atoms with E-state index < -0.39 is 0 Å². The molecule has 0 aliphatic rings. The first-order chi connectivity index (χ1) is 14.0. The molecule has 32 heavy (non-hydrogen) atoms. The van der Waals surface area contributed by atoms with Gasteiger partial charge in [0.05, 0.1) is 12.6 Å². The summed E-state index contributed by atoms with van der Waals surface area (Å²) in [7, 11) is 3.38. The first kappa shape index (κ1) is 33.8. The van der Waals surface area contributed by atoms with Gasteiger partial charge in [0.1, 0.15) is 0 Å². The summed E-state index contributed by atoms with van der Waals surface area (Å²) in [5.74, 6) is -0.226. The van der Waals surface area contributed by atoms with Crippen molar-refractivity contribution >= 4 is 82.6 Å². The largest absolute Gasteiger partial charge is 3.00 e. The summed E-state index contributed by atoms with van der Waals surface area (Å²) in [5, 5.41) is 24.0.